The third-order valence-corrected chi connectivity index (χ3v) is 6.81. The van der Waals surface area contributed by atoms with Crippen LogP contribution in [0.3, 0.4) is 0 Å². The summed E-state index contributed by atoms with van der Waals surface area (Å²) in [7, 11) is 0. The lowest BCUT2D eigenvalue weighted by atomic mass is 10.0. The van der Waals surface area contributed by atoms with Gasteiger partial charge in [-0.05, 0) is 42.1 Å². The van der Waals surface area contributed by atoms with E-state index in [1.165, 1.54) is 15.3 Å². The van der Waals surface area contributed by atoms with Crippen molar-refractivity contribution in [3.63, 3.8) is 0 Å². The molecule has 0 saturated carbocycles. The Morgan fingerprint density at radius 3 is 2.79 bits per heavy atom. The van der Waals surface area contributed by atoms with Gasteiger partial charge in [0.15, 0.2) is 5.65 Å². The second-order valence-corrected chi connectivity index (χ2v) is 8.93. The molecule has 5 rings (SSSR count). The Hall–Kier alpha value is -3.02. The van der Waals surface area contributed by atoms with Gasteiger partial charge >= 0.3 is 0 Å². The van der Waals surface area contributed by atoms with Gasteiger partial charge in [0.25, 0.3) is 0 Å². The highest BCUT2D eigenvalue weighted by molar-refractivity contribution is 8.01. The average molecular weight is 414 g/mol. The van der Waals surface area contributed by atoms with Gasteiger partial charge in [-0.2, -0.15) is 0 Å². The molecule has 3 nitrogen and oxygen atoms in total. The number of nitrogens with zero attached hydrogens (tertiary/aromatic N) is 2. The Bertz CT molecular complexity index is 1260. The van der Waals surface area contributed by atoms with Crippen LogP contribution in [-0.2, 0) is 0 Å². The minimum Gasteiger partial charge on any atom is -0.391 e. The van der Waals surface area contributed by atoms with Gasteiger partial charge in [-0.15, -0.1) is 11.3 Å². The molecule has 4 aromatic rings. The van der Waals surface area contributed by atoms with Crippen molar-refractivity contribution in [2.24, 2.45) is 0 Å². The molecule has 3 heterocycles. The molecular formula is C24H19N3S2. The van der Waals surface area contributed by atoms with E-state index in [-0.39, 0.29) is 0 Å². The molecule has 0 amide bonds. The number of anilines is 1. The van der Waals surface area contributed by atoms with Crippen molar-refractivity contribution in [3.8, 4) is 21.6 Å². The van der Waals surface area contributed by atoms with Gasteiger partial charge in [0.2, 0.25) is 0 Å². The molecule has 0 unspecified atom stereocenters. The maximum Gasteiger partial charge on any atom is 0.150 e. The summed E-state index contributed by atoms with van der Waals surface area (Å²) >= 11 is 3.35. The molecule has 0 atom stereocenters. The Labute approximate surface area is 178 Å². The van der Waals surface area contributed by atoms with Gasteiger partial charge in [-0.25, -0.2) is 4.98 Å². The van der Waals surface area contributed by atoms with Gasteiger partial charge in [-0.1, -0.05) is 60.7 Å². The van der Waals surface area contributed by atoms with E-state index in [0.717, 1.165) is 33.6 Å². The van der Waals surface area contributed by atoms with Gasteiger partial charge in [0.05, 0.1) is 5.00 Å². The van der Waals surface area contributed by atoms with Gasteiger partial charge in [0.1, 0.15) is 0 Å². The molecular weight excluding hydrogens is 394 g/mol. The van der Waals surface area contributed by atoms with E-state index in [2.05, 4.69) is 81.9 Å². The molecule has 2 N–H and O–H groups in total. The number of aromatic nitrogens is 2. The molecule has 1 aliphatic rings. The number of thiophene rings is 1. The van der Waals surface area contributed by atoms with E-state index in [0.29, 0.717) is 0 Å². The van der Waals surface area contributed by atoms with E-state index in [4.69, 9.17) is 5.73 Å². The summed E-state index contributed by atoms with van der Waals surface area (Å²) in [5.41, 5.74) is 10.7. The summed E-state index contributed by atoms with van der Waals surface area (Å²) in [6.07, 6.45) is 15.5. The fourth-order valence-electron chi connectivity index (χ4n) is 3.48. The third-order valence-electron chi connectivity index (χ3n) is 4.78. The third kappa shape index (κ3) is 3.55. The molecule has 0 spiro atoms. The van der Waals surface area contributed by atoms with Gasteiger partial charge < -0.3 is 5.73 Å². The smallest absolute Gasteiger partial charge is 0.150 e. The van der Waals surface area contributed by atoms with Crippen LogP contribution < -0.4 is 5.73 Å². The van der Waals surface area contributed by atoms with E-state index < -0.39 is 0 Å². The highest BCUT2D eigenvalue weighted by Crippen LogP contribution is 2.44. The fraction of sp³-hybridized carbons (Fsp3) is 0.0417. The summed E-state index contributed by atoms with van der Waals surface area (Å²) in [5.74, 6) is 0. The highest BCUT2D eigenvalue weighted by atomic mass is 32.2. The summed E-state index contributed by atoms with van der Waals surface area (Å²) in [5, 5.41) is 1.95. The quantitative estimate of drug-likeness (QED) is 0.395. The lowest BCUT2D eigenvalue weighted by Crippen LogP contribution is -1.88. The van der Waals surface area contributed by atoms with Gasteiger partial charge in [-0.3, -0.25) is 3.97 Å². The van der Waals surface area contributed by atoms with Crippen LogP contribution in [0.15, 0.2) is 96.2 Å². The number of fused-ring (bicyclic) bond motifs is 1. The predicted octanol–water partition coefficient (Wildman–Crippen LogP) is 6.91. The first-order chi connectivity index (χ1) is 14.3. The summed E-state index contributed by atoms with van der Waals surface area (Å²) in [4.78, 5) is 7.14. The Morgan fingerprint density at radius 1 is 1.00 bits per heavy atom. The average Bonchev–Trinajstić information content (AvgIpc) is 3.20. The first-order valence-corrected chi connectivity index (χ1v) is 11.0. The molecule has 0 aliphatic heterocycles. The number of nitrogens with two attached hydrogens (primary N) is 1. The number of pyridine rings is 1. The SMILES string of the molecule is Nc1cc(-c2cn(SC3=CC=CC=CC3)c3ncccc23)c(-c2ccccc2)s1. The van der Waals surface area contributed by atoms with Crippen molar-refractivity contribution in [2.45, 2.75) is 6.42 Å². The zero-order chi connectivity index (χ0) is 19.6. The molecule has 3 aromatic heterocycles. The monoisotopic (exact) mass is 413 g/mol. The minimum atomic E-state index is 0.818. The van der Waals surface area contributed by atoms with Crippen molar-refractivity contribution in [3.05, 3.63) is 96.2 Å². The van der Waals surface area contributed by atoms with Crippen molar-refractivity contribution in [1.29, 1.82) is 0 Å². The molecule has 0 saturated heterocycles. The van der Waals surface area contributed by atoms with E-state index in [1.54, 1.807) is 23.3 Å². The molecule has 142 valence electrons. The maximum absolute atomic E-state index is 6.24. The number of allylic oxidation sites excluding steroid dienone is 6. The van der Waals surface area contributed by atoms with E-state index in [1.807, 2.05) is 18.3 Å². The van der Waals surface area contributed by atoms with Crippen LogP contribution in [-0.4, -0.2) is 8.96 Å². The number of hydrogen-bond acceptors (Lipinski definition) is 4. The zero-order valence-corrected chi connectivity index (χ0v) is 17.3. The molecule has 1 aliphatic carbocycles. The summed E-state index contributed by atoms with van der Waals surface area (Å²) in [6.45, 7) is 0. The lowest BCUT2D eigenvalue weighted by molar-refractivity contribution is 1.25. The Balaban J connectivity index is 1.65. The Morgan fingerprint density at radius 2 is 1.90 bits per heavy atom. The Kier molecular flexibility index (Phi) is 4.84. The first kappa shape index (κ1) is 18.0. The number of rotatable bonds is 4. The standard InChI is InChI=1S/C24H19N3S2/c25-22-15-20(23(28-22)17-9-4-3-5-10-17)21-16-27(24-19(21)13-8-14-26-24)29-18-11-6-1-2-7-12-18/h1-11,13-16H,12,25H2. The molecule has 5 heteroatoms. The van der Waals surface area contributed by atoms with Crippen LogP contribution >= 0.6 is 23.3 Å². The predicted molar refractivity (Wildman–Crippen MR) is 127 cm³/mol. The minimum absolute atomic E-state index is 0.818. The van der Waals surface area contributed by atoms with Crippen LogP contribution in [0.1, 0.15) is 6.42 Å². The van der Waals surface area contributed by atoms with Crippen LogP contribution in [0.2, 0.25) is 0 Å². The topological polar surface area (TPSA) is 43.8 Å². The molecule has 0 fully saturated rings. The van der Waals surface area contributed by atoms with Crippen molar-refractivity contribution in [1.82, 2.24) is 8.96 Å². The van der Waals surface area contributed by atoms with Gasteiger partial charge in [0, 0.05) is 38.7 Å². The maximum atomic E-state index is 6.24. The van der Waals surface area contributed by atoms with Crippen molar-refractivity contribution < 1.29 is 0 Å². The zero-order valence-electron chi connectivity index (χ0n) is 15.7. The van der Waals surface area contributed by atoms with Crippen LogP contribution in [0.25, 0.3) is 32.6 Å². The van der Waals surface area contributed by atoms with E-state index in [9.17, 15) is 0 Å². The summed E-state index contributed by atoms with van der Waals surface area (Å²) < 4.78 is 2.17. The molecule has 29 heavy (non-hydrogen) atoms. The lowest BCUT2D eigenvalue weighted by Gasteiger charge is -2.05. The highest BCUT2D eigenvalue weighted by Gasteiger charge is 2.18. The molecule has 0 bridgehead atoms. The summed E-state index contributed by atoms with van der Waals surface area (Å²) in [6, 6.07) is 16.7. The van der Waals surface area contributed by atoms with Crippen LogP contribution in [0.5, 0.6) is 0 Å². The molecule has 1 aromatic carbocycles. The van der Waals surface area contributed by atoms with E-state index >= 15 is 0 Å². The second-order valence-electron chi connectivity index (χ2n) is 6.74. The first-order valence-electron chi connectivity index (χ1n) is 9.41. The normalized spacial score (nSPS) is 13.6. The number of hydrogen-bond donors (Lipinski definition) is 1. The number of benzene rings is 1. The molecule has 0 radical (unpaired) electrons. The second kappa shape index (κ2) is 7.78. The number of nitrogen functional groups attached to an aromatic ring is 1. The van der Waals surface area contributed by atoms with Crippen molar-refractivity contribution >= 4 is 39.3 Å². The fourth-order valence-corrected chi connectivity index (χ4v) is 5.38. The van der Waals surface area contributed by atoms with Crippen LogP contribution in [0, 0.1) is 0 Å². The van der Waals surface area contributed by atoms with Crippen LogP contribution in [0.4, 0.5) is 5.00 Å². The largest absolute Gasteiger partial charge is 0.391 e. The van der Waals surface area contributed by atoms with Crippen molar-refractivity contribution in [2.75, 3.05) is 5.73 Å².